The Morgan fingerprint density at radius 3 is 2.76 bits per heavy atom. The predicted molar refractivity (Wildman–Crippen MR) is 112 cm³/mol. The van der Waals surface area contributed by atoms with Crippen LogP contribution in [-0.2, 0) is 11.3 Å². The minimum absolute atomic E-state index is 0.0437. The maximum Gasteiger partial charge on any atom is 0.251 e. The number of likely N-dealkylation sites (tertiary alicyclic amines) is 1. The highest BCUT2D eigenvalue weighted by atomic mass is 19.1. The number of ether oxygens (including phenoxy) is 1. The molecule has 2 aliphatic heterocycles. The topological polar surface area (TPSA) is 44.8 Å². The Labute approximate surface area is 171 Å². The third kappa shape index (κ3) is 5.14. The number of rotatable bonds is 5. The normalized spacial score (nSPS) is 20.4. The SMILES string of the molecule is O=C(NC1CCCN(Cc2ccccc2F)C1)c1cccc(N2CCOCC2)c1. The number of benzene rings is 2. The molecule has 4 rings (SSSR count). The second-order valence-corrected chi connectivity index (χ2v) is 7.79. The Bertz CT molecular complexity index is 838. The fourth-order valence-corrected chi connectivity index (χ4v) is 4.12. The minimum Gasteiger partial charge on any atom is -0.378 e. The molecule has 0 aromatic heterocycles. The first-order chi connectivity index (χ1) is 14.2. The summed E-state index contributed by atoms with van der Waals surface area (Å²) in [6.45, 7) is 5.37. The van der Waals surface area contributed by atoms with E-state index in [9.17, 15) is 9.18 Å². The molecule has 2 aromatic carbocycles. The van der Waals surface area contributed by atoms with E-state index >= 15 is 0 Å². The van der Waals surface area contributed by atoms with Gasteiger partial charge >= 0.3 is 0 Å². The number of anilines is 1. The number of hydrogen-bond donors (Lipinski definition) is 1. The smallest absolute Gasteiger partial charge is 0.251 e. The number of piperidine rings is 1. The molecule has 2 heterocycles. The van der Waals surface area contributed by atoms with Crippen LogP contribution in [0.3, 0.4) is 0 Å². The second-order valence-electron chi connectivity index (χ2n) is 7.79. The van der Waals surface area contributed by atoms with Crippen molar-refractivity contribution >= 4 is 11.6 Å². The molecule has 2 aliphatic rings. The molecule has 154 valence electrons. The number of amides is 1. The van der Waals surface area contributed by atoms with Crippen molar-refractivity contribution in [2.45, 2.75) is 25.4 Å². The van der Waals surface area contributed by atoms with Crippen molar-refractivity contribution in [3.8, 4) is 0 Å². The summed E-state index contributed by atoms with van der Waals surface area (Å²) in [6, 6.07) is 14.8. The van der Waals surface area contributed by atoms with Gasteiger partial charge in [-0.2, -0.15) is 0 Å². The highest BCUT2D eigenvalue weighted by molar-refractivity contribution is 5.95. The number of carbonyl (C=O) groups excluding carboxylic acids is 1. The molecule has 0 saturated carbocycles. The molecule has 29 heavy (non-hydrogen) atoms. The minimum atomic E-state index is -0.168. The van der Waals surface area contributed by atoms with E-state index in [-0.39, 0.29) is 17.8 Å². The fraction of sp³-hybridized carbons (Fsp3) is 0.435. The summed E-state index contributed by atoms with van der Waals surface area (Å²) < 4.78 is 19.4. The zero-order valence-corrected chi connectivity index (χ0v) is 16.6. The Hall–Kier alpha value is -2.44. The standard InChI is InChI=1S/C23H28FN3O2/c24-22-9-2-1-5-19(22)16-26-10-4-7-20(17-26)25-23(28)18-6-3-8-21(15-18)27-11-13-29-14-12-27/h1-3,5-6,8-9,15,20H,4,7,10-14,16-17H2,(H,25,28). The number of nitrogens with zero attached hydrogens (tertiary/aromatic N) is 2. The van der Waals surface area contributed by atoms with E-state index in [1.165, 1.54) is 6.07 Å². The quantitative estimate of drug-likeness (QED) is 0.842. The van der Waals surface area contributed by atoms with Gasteiger partial charge in [0, 0.05) is 49.0 Å². The van der Waals surface area contributed by atoms with Crippen LogP contribution < -0.4 is 10.2 Å². The van der Waals surface area contributed by atoms with E-state index in [1.807, 2.05) is 36.4 Å². The maximum atomic E-state index is 14.0. The maximum absolute atomic E-state index is 14.0. The molecule has 0 aliphatic carbocycles. The van der Waals surface area contributed by atoms with Gasteiger partial charge in [-0.3, -0.25) is 9.69 Å². The first kappa shape index (κ1) is 19.9. The Morgan fingerprint density at radius 1 is 1.10 bits per heavy atom. The van der Waals surface area contributed by atoms with Crippen molar-refractivity contribution in [2.24, 2.45) is 0 Å². The molecule has 6 heteroatoms. The van der Waals surface area contributed by atoms with Crippen molar-refractivity contribution in [2.75, 3.05) is 44.3 Å². The van der Waals surface area contributed by atoms with E-state index in [4.69, 9.17) is 4.74 Å². The van der Waals surface area contributed by atoms with Crippen molar-refractivity contribution in [3.05, 3.63) is 65.5 Å². The molecule has 1 atom stereocenters. The first-order valence-electron chi connectivity index (χ1n) is 10.4. The second kappa shape index (κ2) is 9.37. The van der Waals surface area contributed by atoms with E-state index < -0.39 is 0 Å². The Kier molecular flexibility index (Phi) is 6.42. The zero-order chi connectivity index (χ0) is 20.1. The zero-order valence-electron chi connectivity index (χ0n) is 16.6. The third-order valence-corrected chi connectivity index (χ3v) is 5.68. The number of hydrogen-bond acceptors (Lipinski definition) is 4. The van der Waals surface area contributed by atoms with Crippen molar-refractivity contribution in [1.29, 1.82) is 0 Å². The monoisotopic (exact) mass is 397 g/mol. The highest BCUT2D eigenvalue weighted by Crippen LogP contribution is 2.19. The molecule has 0 spiro atoms. The van der Waals surface area contributed by atoms with Crippen molar-refractivity contribution < 1.29 is 13.9 Å². The molecule has 5 nitrogen and oxygen atoms in total. The van der Waals surface area contributed by atoms with Gasteiger partial charge in [-0.25, -0.2) is 4.39 Å². The summed E-state index contributed by atoms with van der Waals surface area (Å²) >= 11 is 0. The van der Waals surface area contributed by atoms with Crippen LogP contribution in [-0.4, -0.2) is 56.2 Å². The Balaban J connectivity index is 1.36. The van der Waals surface area contributed by atoms with Gasteiger partial charge in [0.15, 0.2) is 0 Å². The number of morpholine rings is 1. The lowest BCUT2D eigenvalue weighted by atomic mass is 10.0. The summed E-state index contributed by atoms with van der Waals surface area (Å²) in [5, 5.41) is 3.18. The van der Waals surface area contributed by atoms with Crippen LogP contribution in [0.2, 0.25) is 0 Å². The molecule has 2 saturated heterocycles. The lowest BCUT2D eigenvalue weighted by Gasteiger charge is -2.33. The van der Waals surface area contributed by atoms with Gasteiger partial charge in [-0.15, -0.1) is 0 Å². The molecule has 0 bridgehead atoms. The predicted octanol–water partition coefficient (Wildman–Crippen LogP) is 3.06. The first-order valence-corrected chi connectivity index (χ1v) is 10.4. The van der Waals surface area contributed by atoms with Crippen LogP contribution in [0.4, 0.5) is 10.1 Å². The summed E-state index contributed by atoms with van der Waals surface area (Å²) in [7, 11) is 0. The van der Waals surface area contributed by atoms with E-state index in [2.05, 4.69) is 15.1 Å². The summed E-state index contributed by atoms with van der Waals surface area (Å²) in [4.78, 5) is 17.3. The highest BCUT2D eigenvalue weighted by Gasteiger charge is 2.23. The molecule has 1 unspecified atom stereocenters. The van der Waals surface area contributed by atoms with E-state index in [1.54, 1.807) is 6.07 Å². The van der Waals surface area contributed by atoms with Crippen LogP contribution in [0.25, 0.3) is 0 Å². The average molecular weight is 397 g/mol. The summed E-state index contributed by atoms with van der Waals surface area (Å²) in [5.74, 6) is -0.212. The van der Waals surface area contributed by atoms with Crippen molar-refractivity contribution in [1.82, 2.24) is 10.2 Å². The lowest BCUT2D eigenvalue weighted by molar-refractivity contribution is 0.0900. The van der Waals surface area contributed by atoms with Gasteiger partial charge in [0.2, 0.25) is 0 Å². The van der Waals surface area contributed by atoms with Gasteiger partial charge < -0.3 is 15.0 Å². The fourth-order valence-electron chi connectivity index (χ4n) is 4.12. The average Bonchev–Trinajstić information content (AvgIpc) is 2.76. The van der Waals surface area contributed by atoms with Gasteiger partial charge in [-0.05, 0) is 43.7 Å². The molecule has 2 aromatic rings. The molecule has 1 N–H and O–H groups in total. The third-order valence-electron chi connectivity index (χ3n) is 5.68. The van der Waals surface area contributed by atoms with Gasteiger partial charge in [0.25, 0.3) is 5.91 Å². The summed E-state index contributed by atoms with van der Waals surface area (Å²) in [6.07, 6.45) is 1.94. The molecule has 1 amide bonds. The van der Waals surface area contributed by atoms with Crippen LogP contribution >= 0.6 is 0 Å². The summed E-state index contributed by atoms with van der Waals surface area (Å²) in [5.41, 5.74) is 2.45. The van der Waals surface area contributed by atoms with Crippen LogP contribution in [0.5, 0.6) is 0 Å². The van der Waals surface area contributed by atoms with Crippen LogP contribution in [0.15, 0.2) is 48.5 Å². The van der Waals surface area contributed by atoms with Crippen LogP contribution in [0.1, 0.15) is 28.8 Å². The van der Waals surface area contributed by atoms with E-state index in [0.29, 0.717) is 17.7 Å². The number of nitrogens with one attached hydrogen (secondary N) is 1. The van der Waals surface area contributed by atoms with E-state index in [0.717, 1.165) is 57.9 Å². The molecular formula is C23H28FN3O2. The lowest BCUT2D eigenvalue weighted by Crippen LogP contribution is -2.47. The Morgan fingerprint density at radius 2 is 1.93 bits per heavy atom. The number of carbonyl (C=O) groups is 1. The van der Waals surface area contributed by atoms with Gasteiger partial charge in [-0.1, -0.05) is 24.3 Å². The van der Waals surface area contributed by atoms with Gasteiger partial charge in [0.05, 0.1) is 13.2 Å². The van der Waals surface area contributed by atoms with Crippen molar-refractivity contribution in [3.63, 3.8) is 0 Å². The van der Waals surface area contributed by atoms with Crippen LogP contribution in [0, 0.1) is 5.82 Å². The molecule has 0 radical (unpaired) electrons. The number of halogens is 1. The van der Waals surface area contributed by atoms with Gasteiger partial charge in [0.1, 0.15) is 5.82 Å². The largest absolute Gasteiger partial charge is 0.378 e. The molecular weight excluding hydrogens is 369 g/mol. The molecule has 2 fully saturated rings.